The molecule has 5 nitrogen and oxygen atoms in total. The molecule has 2 N–H and O–H groups in total. The minimum Gasteiger partial charge on any atom is -0.508 e. The Bertz CT molecular complexity index is 864. The first-order valence-electron chi connectivity index (χ1n) is 8.78. The van der Waals surface area contributed by atoms with E-state index in [4.69, 9.17) is 4.99 Å². The van der Waals surface area contributed by atoms with Gasteiger partial charge in [-0.1, -0.05) is 28.1 Å². The summed E-state index contributed by atoms with van der Waals surface area (Å²) >= 11 is 3.51. The second-order valence-electron chi connectivity index (χ2n) is 6.69. The van der Waals surface area contributed by atoms with Crippen LogP contribution in [0.25, 0.3) is 0 Å². The summed E-state index contributed by atoms with van der Waals surface area (Å²) in [6.45, 7) is 1.31. The number of rotatable bonds is 4. The molecule has 26 heavy (non-hydrogen) atoms. The lowest BCUT2D eigenvalue weighted by molar-refractivity contribution is -0.124. The van der Waals surface area contributed by atoms with Gasteiger partial charge in [-0.15, -0.1) is 0 Å². The second-order valence-corrected chi connectivity index (χ2v) is 7.61. The molecular weight excluding hydrogens is 394 g/mol. The van der Waals surface area contributed by atoms with Gasteiger partial charge in [-0.25, -0.2) is 4.99 Å². The van der Waals surface area contributed by atoms with Crippen LogP contribution in [0.3, 0.4) is 0 Å². The van der Waals surface area contributed by atoms with E-state index in [2.05, 4.69) is 32.2 Å². The maximum atomic E-state index is 12.7. The number of nitrogens with one attached hydrogen (secondary N) is 1. The van der Waals surface area contributed by atoms with Crippen molar-refractivity contribution in [1.29, 1.82) is 0 Å². The number of hydrogen-bond acceptors (Lipinski definition) is 4. The molecule has 134 valence electrons. The predicted octanol–water partition coefficient (Wildman–Crippen LogP) is 3.52. The SMILES string of the molecule is O=C(NCCc1ccc(O)cc1)C1CCC2=Nc3ccc(Br)cc3CN21. The van der Waals surface area contributed by atoms with Crippen molar-refractivity contribution in [2.45, 2.75) is 31.8 Å². The van der Waals surface area contributed by atoms with Crippen LogP contribution in [0.5, 0.6) is 5.75 Å². The average Bonchev–Trinajstić information content (AvgIpc) is 3.04. The van der Waals surface area contributed by atoms with E-state index in [1.165, 1.54) is 0 Å². The highest BCUT2D eigenvalue weighted by atomic mass is 79.9. The van der Waals surface area contributed by atoms with Crippen LogP contribution in [-0.4, -0.2) is 34.3 Å². The third-order valence-corrected chi connectivity index (χ3v) is 5.43. The van der Waals surface area contributed by atoms with Crippen LogP contribution in [0, 0.1) is 0 Å². The molecule has 1 saturated heterocycles. The number of phenols is 1. The molecule has 1 atom stereocenters. The molecule has 2 aliphatic heterocycles. The van der Waals surface area contributed by atoms with Crippen molar-refractivity contribution in [3.63, 3.8) is 0 Å². The third-order valence-electron chi connectivity index (χ3n) is 4.93. The molecule has 2 aromatic carbocycles. The highest BCUT2D eigenvalue weighted by molar-refractivity contribution is 9.10. The van der Waals surface area contributed by atoms with Crippen molar-refractivity contribution in [2.75, 3.05) is 6.54 Å². The zero-order valence-corrected chi connectivity index (χ0v) is 15.9. The van der Waals surface area contributed by atoms with Gasteiger partial charge in [0, 0.05) is 24.0 Å². The van der Waals surface area contributed by atoms with E-state index in [9.17, 15) is 9.90 Å². The van der Waals surface area contributed by atoms with Gasteiger partial charge in [0.15, 0.2) is 0 Å². The molecule has 6 heteroatoms. The van der Waals surface area contributed by atoms with Gasteiger partial charge in [-0.05, 0) is 54.3 Å². The fourth-order valence-electron chi connectivity index (χ4n) is 3.56. The fourth-order valence-corrected chi connectivity index (χ4v) is 3.97. The Morgan fingerprint density at radius 1 is 1.27 bits per heavy atom. The Kier molecular flexibility index (Phi) is 4.68. The van der Waals surface area contributed by atoms with Crippen LogP contribution < -0.4 is 5.32 Å². The fraction of sp³-hybridized carbons (Fsp3) is 0.300. The molecule has 0 spiro atoms. The summed E-state index contributed by atoms with van der Waals surface area (Å²) in [6.07, 6.45) is 2.39. The summed E-state index contributed by atoms with van der Waals surface area (Å²) in [5.41, 5.74) is 3.24. The largest absolute Gasteiger partial charge is 0.508 e. The predicted molar refractivity (Wildman–Crippen MR) is 105 cm³/mol. The number of benzene rings is 2. The Labute approximate surface area is 160 Å². The van der Waals surface area contributed by atoms with Crippen molar-refractivity contribution < 1.29 is 9.90 Å². The van der Waals surface area contributed by atoms with E-state index in [1.807, 2.05) is 24.3 Å². The molecule has 2 aliphatic rings. The molecule has 2 heterocycles. The van der Waals surface area contributed by atoms with Crippen molar-refractivity contribution in [1.82, 2.24) is 10.2 Å². The second kappa shape index (κ2) is 7.11. The minimum atomic E-state index is -0.152. The Balaban J connectivity index is 1.38. The Hall–Kier alpha value is -2.34. The number of carbonyl (C=O) groups is 1. The normalized spacial score (nSPS) is 18.1. The van der Waals surface area contributed by atoms with Gasteiger partial charge in [0.25, 0.3) is 0 Å². The first kappa shape index (κ1) is 17.1. The first-order chi connectivity index (χ1) is 12.6. The molecular formula is C20H20BrN3O2. The number of amidine groups is 1. The molecule has 4 rings (SSSR count). The summed E-state index contributed by atoms with van der Waals surface area (Å²) in [4.78, 5) is 19.5. The monoisotopic (exact) mass is 413 g/mol. The van der Waals surface area contributed by atoms with Crippen molar-refractivity contribution in [3.05, 3.63) is 58.1 Å². The molecule has 1 fully saturated rings. The zero-order chi connectivity index (χ0) is 18.1. The molecule has 2 aromatic rings. The molecule has 0 aliphatic carbocycles. The van der Waals surface area contributed by atoms with Gasteiger partial charge in [-0.3, -0.25) is 4.79 Å². The number of amides is 1. The molecule has 0 radical (unpaired) electrons. The first-order valence-corrected chi connectivity index (χ1v) is 9.58. The van der Waals surface area contributed by atoms with E-state index in [0.717, 1.165) is 52.9 Å². The summed E-state index contributed by atoms with van der Waals surface area (Å²) < 4.78 is 1.03. The Morgan fingerprint density at radius 2 is 2.08 bits per heavy atom. The summed E-state index contributed by atoms with van der Waals surface area (Å²) in [5, 5.41) is 12.4. The average molecular weight is 414 g/mol. The van der Waals surface area contributed by atoms with Gasteiger partial charge < -0.3 is 15.3 Å². The minimum absolute atomic E-state index is 0.0624. The number of phenolic OH excluding ortho intramolecular Hbond substituents is 1. The number of halogens is 1. The van der Waals surface area contributed by atoms with Crippen LogP contribution in [0.2, 0.25) is 0 Å². The Morgan fingerprint density at radius 3 is 2.88 bits per heavy atom. The standard InChI is InChI=1S/C20H20BrN3O2/c21-15-3-6-17-14(11-15)12-24-18(7-8-19(24)23-17)20(26)22-10-9-13-1-4-16(25)5-2-13/h1-6,11,18,25H,7-10,12H2,(H,22,26). The van der Waals surface area contributed by atoms with Crippen LogP contribution in [0.4, 0.5) is 5.69 Å². The maximum absolute atomic E-state index is 12.7. The van der Waals surface area contributed by atoms with Crippen LogP contribution in [0.1, 0.15) is 24.0 Å². The van der Waals surface area contributed by atoms with E-state index in [0.29, 0.717) is 6.54 Å². The quantitative estimate of drug-likeness (QED) is 0.805. The summed E-state index contributed by atoms with van der Waals surface area (Å²) in [7, 11) is 0. The molecule has 0 aromatic heterocycles. The lowest BCUT2D eigenvalue weighted by atomic mass is 10.1. The lowest BCUT2D eigenvalue weighted by Crippen LogP contribution is -2.45. The smallest absolute Gasteiger partial charge is 0.242 e. The molecule has 0 saturated carbocycles. The van der Waals surface area contributed by atoms with Gasteiger partial charge >= 0.3 is 0 Å². The maximum Gasteiger partial charge on any atom is 0.242 e. The number of aromatic hydroxyl groups is 1. The van der Waals surface area contributed by atoms with Crippen LogP contribution in [-0.2, 0) is 17.8 Å². The topological polar surface area (TPSA) is 64.9 Å². The third kappa shape index (κ3) is 3.46. The highest BCUT2D eigenvalue weighted by Crippen LogP contribution is 2.34. The summed E-state index contributed by atoms with van der Waals surface area (Å²) in [5.74, 6) is 1.33. The van der Waals surface area contributed by atoms with Crippen molar-refractivity contribution >= 4 is 33.4 Å². The highest BCUT2D eigenvalue weighted by Gasteiger charge is 2.36. The molecule has 1 unspecified atom stereocenters. The summed E-state index contributed by atoms with van der Waals surface area (Å²) in [6, 6.07) is 13.0. The van der Waals surface area contributed by atoms with Crippen molar-refractivity contribution in [3.8, 4) is 5.75 Å². The number of fused-ring (bicyclic) bond motifs is 2. The van der Waals surface area contributed by atoms with Crippen LogP contribution in [0.15, 0.2) is 51.9 Å². The van der Waals surface area contributed by atoms with E-state index in [1.54, 1.807) is 12.1 Å². The van der Waals surface area contributed by atoms with Gasteiger partial charge in [0.2, 0.25) is 5.91 Å². The van der Waals surface area contributed by atoms with Gasteiger partial charge in [0.1, 0.15) is 17.6 Å². The number of nitrogens with zero attached hydrogens (tertiary/aromatic N) is 2. The lowest BCUT2D eigenvalue weighted by Gasteiger charge is -2.30. The number of aliphatic imine (C=N–C) groups is 1. The van der Waals surface area contributed by atoms with E-state index in [-0.39, 0.29) is 17.7 Å². The molecule has 0 bridgehead atoms. The van der Waals surface area contributed by atoms with Crippen LogP contribution >= 0.6 is 15.9 Å². The zero-order valence-electron chi connectivity index (χ0n) is 14.3. The molecule has 1 amide bonds. The van der Waals surface area contributed by atoms with E-state index >= 15 is 0 Å². The van der Waals surface area contributed by atoms with E-state index < -0.39 is 0 Å². The van der Waals surface area contributed by atoms with Gasteiger partial charge in [0.05, 0.1) is 5.69 Å². The number of hydrogen-bond donors (Lipinski definition) is 2. The number of carbonyl (C=O) groups excluding carboxylic acids is 1. The van der Waals surface area contributed by atoms with Crippen molar-refractivity contribution in [2.24, 2.45) is 4.99 Å². The van der Waals surface area contributed by atoms with Gasteiger partial charge in [-0.2, -0.15) is 0 Å².